The van der Waals surface area contributed by atoms with Crippen LogP contribution in [0.3, 0.4) is 0 Å². The summed E-state index contributed by atoms with van der Waals surface area (Å²) in [6.07, 6.45) is 3.08. The number of fused-ring (bicyclic) bond motifs is 1. The van der Waals surface area contributed by atoms with Crippen molar-refractivity contribution < 1.29 is 14.3 Å². The molecule has 1 fully saturated rings. The highest BCUT2D eigenvalue weighted by atomic mass is 35.5. The third-order valence-corrected chi connectivity index (χ3v) is 4.05. The average Bonchev–Trinajstić information content (AvgIpc) is 2.93. The summed E-state index contributed by atoms with van der Waals surface area (Å²) in [5.41, 5.74) is 0.760. The summed E-state index contributed by atoms with van der Waals surface area (Å²) in [7, 11) is 0. The van der Waals surface area contributed by atoms with Gasteiger partial charge in [-0.2, -0.15) is 0 Å². The fourth-order valence-electron chi connectivity index (χ4n) is 2.95. The molecule has 22 heavy (non-hydrogen) atoms. The number of halogens is 1. The molecule has 0 radical (unpaired) electrons. The summed E-state index contributed by atoms with van der Waals surface area (Å²) < 4.78 is 10.6. The van der Waals surface area contributed by atoms with E-state index in [0.717, 1.165) is 37.0 Å². The minimum atomic E-state index is 0. The largest absolute Gasteiger partial charge is 0.454 e. The van der Waals surface area contributed by atoms with E-state index in [9.17, 15) is 4.79 Å². The van der Waals surface area contributed by atoms with Gasteiger partial charge in [-0.15, -0.1) is 12.4 Å². The lowest BCUT2D eigenvalue weighted by molar-refractivity contribution is -0.116. The van der Waals surface area contributed by atoms with Crippen LogP contribution in [0.5, 0.6) is 11.5 Å². The number of carbonyl (C=O) groups is 1. The Morgan fingerprint density at radius 3 is 3.00 bits per heavy atom. The number of likely N-dealkylation sites (tertiary alicyclic amines) is 1. The summed E-state index contributed by atoms with van der Waals surface area (Å²) in [4.78, 5) is 14.4. The standard InChI is InChI=1S/C16H22N2O3.ClH/c1-12-3-2-7-18(10-12)8-6-16(19)17-13-4-5-14-15(9-13)21-11-20-14;/h4-5,9,12H,2-3,6-8,10-11H2,1H3,(H,17,19);1H. The van der Waals surface area contributed by atoms with Crippen LogP contribution < -0.4 is 14.8 Å². The van der Waals surface area contributed by atoms with Crippen LogP contribution in [0.1, 0.15) is 26.2 Å². The van der Waals surface area contributed by atoms with Gasteiger partial charge >= 0.3 is 0 Å². The molecule has 0 aromatic heterocycles. The Hall–Kier alpha value is -1.46. The molecule has 122 valence electrons. The second kappa shape index (κ2) is 7.70. The van der Waals surface area contributed by atoms with E-state index in [-0.39, 0.29) is 25.1 Å². The molecule has 1 unspecified atom stereocenters. The van der Waals surface area contributed by atoms with Gasteiger partial charge in [0.15, 0.2) is 11.5 Å². The fraction of sp³-hybridized carbons (Fsp3) is 0.562. The summed E-state index contributed by atoms with van der Waals surface area (Å²) in [5, 5.41) is 2.92. The molecular formula is C16H23ClN2O3. The monoisotopic (exact) mass is 326 g/mol. The number of hydrogen-bond acceptors (Lipinski definition) is 4. The van der Waals surface area contributed by atoms with Gasteiger partial charge in [-0.1, -0.05) is 6.92 Å². The second-order valence-corrected chi connectivity index (χ2v) is 5.91. The van der Waals surface area contributed by atoms with Crippen LogP contribution >= 0.6 is 12.4 Å². The third kappa shape index (κ3) is 4.27. The molecule has 1 saturated heterocycles. The van der Waals surface area contributed by atoms with Crippen molar-refractivity contribution in [2.75, 3.05) is 31.7 Å². The van der Waals surface area contributed by atoms with E-state index in [1.165, 1.54) is 12.8 Å². The Labute approximate surface area is 137 Å². The highest BCUT2D eigenvalue weighted by Gasteiger charge is 2.17. The number of carbonyl (C=O) groups excluding carboxylic acids is 1. The molecule has 1 aromatic carbocycles. The summed E-state index contributed by atoms with van der Waals surface area (Å²) in [6.45, 7) is 5.58. The van der Waals surface area contributed by atoms with Crippen molar-refractivity contribution in [1.82, 2.24) is 4.90 Å². The van der Waals surface area contributed by atoms with Gasteiger partial charge in [-0.25, -0.2) is 0 Å². The minimum Gasteiger partial charge on any atom is -0.454 e. The molecule has 1 N–H and O–H groups in total. The van der Waals surface area contributed by atoms with E-state index < -0.39 is 0 Å². The molecule has 5 nitrogen and oxygen atoms in total. The molecule has 3 rings (SSSR count). The summed E-state index contributed by atoms with van der Waals surface area (Å²) in [6, 6.07) is 5.47. The quantitative estimate of drug-likeness (QED) is 0.924. The van der Waals surface area contributed by atoms with Gasteiger partial charge < -0.3 is 19.7 Å². The van der Waals surface area contributed by atoms with Crippen molar-refractivity contribution in [3.05, 3.63) is 18.2 Å². The highest BCUT2D eigenvalue weighted by Crippen LogP contribution is 2.34. The maximum Gasteiger partial charge on any atom is 0.231 e. The number of anilines is 1. The molecule has 6 heteroatoms. The van der Waals surface area contributed by atoms with Gasteiger partial charge in [-0.05, 0) is 37.4 Å². The first-order valence-electron chi connectivity index (χ1n) is 7.62. The van der Waals surface area contributed by atoms with Crippen LogP contribution in [0.2, 0.25) is 0 Å². The Morgan fingerprint density at radius 2 is 2.18 bits per heavy atom. The second-order valence-electron chi connectivity index (χ2n) is 5.91. The summed E-state index contributed by atoms with van der Waals surface area (Å²) >= 11 is 0. The van der Waals surface area contributed by atoms with Crippen molar-refractivity contribution in [1.29, 1.82) is 0 Å². The Kier molecular flexibility index (Phi) is 5.91. The SMILES string of the molecule is CC1CCCN(CCC(=O)Nc2ccc3c(c2)OCO3)C1.Cl. The lowest BCUT2D eigenvalue weighted by atomic mass is 10.0. The number of piperidine rings is 1. The number of nitrogens with one attached hydrogen (secondary N) is 1. The van der Waals surface area contributed by atoms with Crippen molar-refractivity contribution >= 4 is 24.0 Å². The zero-order valence-corrected chi connectivity index (χ0v) is 13.7. The average molecular weight is 327 g/mol. The van der Waals surface area contributed by atoms with Crippen molar-refractivity contribution in [3.8, 4) is 11.5 Å². The first kappa shape index (κ1) is 16.9. The maximum absolute atomic E-state index is 12.0. The lowest BCUT2D eigenvalue weighted by Gasteiger charge is -2.30. The van der Waals surface area contributed by atoms with Gasteiger partial charge in [-0.3, -0.25) is 4.79 Å². The van der Waals surface area contributed by atoms with Gasteiger partial charge in [0.05, 0.1) is 0 Å². The van der Waals surface area contributed by atoms with Crippen molar-refractivity contribution in [2.45, 2.75) is 26.2 Å². The van der Waals surface area contributed by atoms with Crippen LogP contribution in [0.4, 0.5) is 5.69 Å². The number of benzene rings is 1. The summed E-state index contributed by atoms with van der Waals surface area (Å²) in [5.74, 6) is 2.22. The normalized spacial score (nSPS) is 20.3. The molecule has 0 spiro atoms. The number of amides is 1. The predicted molar refractivity (Wildman–Crippen MR) is 87.9 cm³/mol. The zero-order chi connectivity index (χ0) is 14.7. The van der Waals surface area contributed by atoms with Crippen LogP contribution in [-0.4, -0.2) is 37.2 Å². The molecule has 0 bridgehead atoms. The minimum absolute atomic E-state index is 0. The lowest BCUT2D eigenvalue weighted by Crippen LogP contribution is -2.36. The maximum atomic E-state index is 12.0. The fourth-order valence-corrected chi connectivity index (χ4v) is 2.95. The first-order chi connectivity index (χ1) is 10.2. The van der Waals surface area contributed by atoms with E-state index in [0.29, 0.717) is 12.2 Å². The third-order valence-electron chi connectivity index (χ3n) is 4.05. The molecule has 2 aliphatic rings. The van der Waals surface area contributed by atoms with Crippen LogP contribution in [0, 0.1) is 5.92 Å². The zero-order valence-electron chi connectivity index (χ0n) is 12.8. The van der Waals surface area contributed by atoms with Gasteiger partial charge in [0.1, 0.15) is 0 Å². The molecule has 2 heterocycles. The predicted octanol–water partition coefficient (Wildman–Crippen LogP) is 2.90. The van der Waals surface area contributed by atoms with E-state index in [1.807, 2.05) is 18.2 Å². The molecule has 1 atom stereocenters. The molecule has 1 amide bonds. The smallest absolute Gasteiger partial charge is 0.231 e. The first-order valence-corrected chi connectivity index (χ1v) is 7.62. The van der Waals surface area contributed by atoms with E-state index in [2.05, 4.69) is 17.1 Å². The highest BCUT2D eigenvalue weighted by molar-refractivity contribution is 5.91. The van der Waals surface area contributed by atoms with E-state index in [4.69, 9.17) is 9.47 Å². The van der Waals surface area contributed by atoms with Crippen LogP contribution in [-0.2, 0) is 4.79 Å². The number of nitrogens with zero attached hydrogens (tertiary/aromatic N) is 1. The van der Waals surface area contributed by atoms with Gasteiger partial charge in [0.25, 0.3) is 0 Å². The molecule has 0 saturated carbocycles. The Balaban J connectivity index is 0.00000176. The van der Waals surface area contributed by atoms with Crippen molar-refractivity contribution in [3.63, 3.8) is 0 Å². The Morgan fingerprint density at radius 1 is 1.36 bits per heavy atom. The van der Waals surface area contributed by atoms with Gasteiger partial charge in [0, 0.05) is 31.3 Å². The molecule has 2 aliphatic heterocycles. The van der Waals surface area contributed by atoms with Crippen LogP contribution in [0.25, 0.3) is 0 Å². The molecular weight excluding hydrogens is 304 g/mol. The Bertz CT molecular complexity index is 524. The topological polar surface area (TPSA) is 50.8 Å². The van der Waals surface area contributed by atoms with Crippen LogP contribution in [0.15, 0.2) is 18.2 Å². The van der Waals surface area contributed by atoms with E-state index >= 15 is 0 Å². The van der Waals surface area contributed by atoms with Crippen molar-refractivity contribution in [2.24, 2.45) is 5.92 Å². The number of rotatable bonds is 4. The number of ether oxygens (including phenoxy) is 2. The van der Waals surface area contributed by atoms with Gasteiger partial charge in [0.2, 0.25) is 12.7 Å². The molecule has 1 aromatic rings. The molecule has 0 aliphatic carbocycles. The van der Waals surface area contributed by atoms with E-state index in [1.54, 1.807) is 0 Å². The number of hydrogen-bond donors (Lipinski definition) is 1.